The maximum absolute atomic E-state index is 12.8. The fourth-order valence-electron chi connectivity index (χ4n) is 1.65. The largest absolute Gasteiger partial charge is 0.496 e. The summed E-state index contributed by atoms with van der Waals surface area (Å²) in [7, 11) is 0.879. The zero-order chi connectivity index (χ0) is 15.7. The second-order valence-corrected chi connectivity index (χ2v) is 3.90. The predicted octanol–water partition coefficient (Wildman–Crippen LogP) is 4.12. The summed E-state index contributed by atoms with van der Waals surface area (Å²) in [5.74, 6) is -0.753. The number of hydrogen-bond acceptors (Lipinski definition) is 2. The molecule has 1 atom stereocenters. The Balaban J connectivity index is 0.00000400. The van der Waals surface area contributed by atoms with Crippen LogP contribution in [-0.4, -0.2) is 13.8 Å². The summed E-state index contributed by atoms with van der Waals surface area (Å²) >= 11 is 0. The zero-order valence-corrected chi connectivity index (χ0v) is 11.3. The molecule has 21 heavy (non-hydrogen) atoms. The highest BCUT2D eigenvalue weighted by Crippen LogP contribution is 2.43. The minimum atomic E-state index is -5.11. The minimum absolute atomic E-state index is 0. The van der Waals surface area contributed by atoms with Crippen molar-refractivity contribution >= 4 is 12.4 Å². The molecule has 0 radical (unpaired) electrons. The highest BCUT2D eigenvalue weighted by molar-refractivity contribution is 5.85. The van der Waals surface area contributed by atoms with E-state index in [2.05, 4.69) is 4.74 Å². The second kappa shape index (κ2) is 6.69. The van der Waals surface area contributed by atoms with Crippen LogP contribution in [0.3, 0.4) is 0 Å². The lowest BCUT2D eigenvalue weighted by Gasteiger charge is -2.21. The van der Waals surface area contributed by atoms with Gasteiger partial charge in [0, 0.05) is 5.56 Å². The molecule has 0 fully saturated rings. The first kappa shape index (κ1) is 19.8. The van der Waals surface area contributed by atoms with Gasteiger partial charge in [-0.25, -0.2) is 4.39 Å². The number of alkyl halides is 7. The van der Waals surface area contributed by atoms with Crippen molar-refractivity contribution in [3.8, 4) is 5.75 Å². The van der Waals surface area contributed by atoms with E-state index in [1.54, 1.807) is 0 Å². The number of nitrogens with two attached hydrogens (primary N) is 1. The van der Waals surface area contributed by atoms with Crippen molar-refractivity contribution in [2.75, 3.05) is 13.8 Å². The normalized spacial score (nSPS) is 13.6. The molecule has 0 aliphatic heterocycles. The fraction of sp³-hybridized carbons (Fsp3) is 0.455. The van der Waals surface area contributed by atoms with Crippen molar-refractivity contribution in [3.05, 3.63) is 28.8 Å². The van der Waals surface area contributed by atoms with E-state index in [-0.39, 0.29) is 18.5 Å². The Morgan fingerprint density at radius 1 is 1.10 bits per heavy atom. The molecule has 0 aromatic heterocycles. The van der Waals surface area contributed by atoms with Crippen molar-refractivity contribution in [2.24, 2.45) is 5.73 Å². The molecular formula is C11H11ClF7NO. The van der Waals surface area contributed by atoms with Crippen molar-refractivity contribution in [3.63, 3.8) is 0 Å². The topological polar surface area (TPSA) is 35.2 Å². The lowest BCUT2D eigenvalue weighted by Crippen LogP contribution is -2.21. The Hall–Kier alpha value is -1.22. The van der Waals surface area contributed by atoms with E-state index in [9.17, 15) is 30.7 Å². The first-order chi connectivity index (χ1) is 9.02. The van der Waals surface area contributed by atoms with Crippen LogP contribution in [0, 0.1) is 0 Å². The molecule has 0 saturated carbocycles. The summed E-state index contributed by atoms with van der Waals surface area (Å²) in [6, 6.07) is -1.48. The van der Waals surface area contributed by atoms with Gasteiger partial charge in [-0.05, 0) is 12.1 Å². The van der Waals surface area contributed by atoms with Crippen molar-refractivity contribution < 1.29 is 35.5 Å². The van der Waals surface area contributed by atoms with Gasteiger partial charge in [0.25, 0.3) is 0 Å². The number of hydrogen-bond donors (Lipinski definition) is 1. The average Bonchev–Trinajstić information content (AvgIpc) is 2.33. The summed E-state index contributed by atoms with van der Waals surface area (Å²) < 4.78 is 93.2. The van der Waals surface area contributed by atoms with E-state index < -0.39 is 47.5 Å². The first-order valence-electron chi connectivity index (χ1n) is 5.20. The molecule has 1 rings (SSSR count). The first-order valence-corrected chi connectivity index (χ1v) is 5.20. The molecule has 1 aromatic rings. The van der Waals surface area contributed by atoms with Crippen LogP contribution in [-0.2, 0) is 12.4 Å². The Labute approximate surface area is 121 Å². The van der Waals surface area contributed by atoms with Gasteiger partial charge < -0.3 is 10.5 Å². The van der Waals surface area contributed by atoms with Gasteiger partial charge in [-0.15, -0.1) is 12.4 Å². The molecule has 2 nitrogen and oxygen atoms in total. The lowest BCUT2D eigenvalue weighted by molar-refractivity contribution is -0.143. The minimum Gasteiger partial charge on any atom is -0.496 e. The smallest absolute Gasteiger partial charge is 0.416 e. The number of halogens is 8. The van der Waals surface area contributed by atoms with Crippen LogP contribution >= 0.6 is 12.4 Å². The van der Waals surface area contributed by atoms with Crippen LogP contribution in [0.4, 0.5) is 30.7 Å². The standard InChI is InChI=1S/C11H10F7NO.ClH/c1-20-8-3-5(10(13,14)15)2-6(11(16,17)18)9(8)7(19)4-12;/h2-3,7H,4,19H2,1H3;1H/t7-;/m1./s1. The van der Waals surface area contributed by atoms with Gasteiger partial charge in [-0.3, -0.25) is 0 Å². The van der Waals surface area contributed by atoms with Crippen LogP contribution in [0.5, 0.6) is 5.75 Å². The predicted molar refractivity (Wildman–Crippen MR) is 63.1 cm³/mol. The summed E-state index contributed by atoms with van der Waals surface area (Å²) in [6.45, 7) is -1.37. The molecule has 0 aliphatic rings. The average molecular weight is 342 g/mol. The molecule has 0 amide bonds. The lowest BCUT2D eigenvalue weighted by atomic mass is 9.96. The number of rotatable bonds is 3. The van der Waals surface area contributed by atoms with Crippen LogP contribution in [0.15, 0.2) is 12.1 Å². The van der Waals surface area contributed by atoms with Crippen LogP contribution in [0.2, 0.25) is 0 Å². The monoisotopic (exact) mass is 341 g/mol. The van der Waals surface area contributed by atoms with Gasteiger partial charge in [0.1, 0.15) is 12.4 Å². The Kier molecular flexibility index (Phi) is 6.31. The van der Waals surface area contributed by atoms with Gasteiger partial charge in [0.2, 0.25) is 0 Å². The molecule has 1 aromatic carbocycles. The van der Waals surface area contributed by atoms with Crippen molar-refractivity contribution in [1.82, 2.24) is 0 Å². The molecule has 0 aliphatic carbocycles. The van der Waals surface area contributed by atoms with E-state index in [0.717, 1.165) is 7.11 Å². The highest BCUT2D eigenvalue weighted by atomic mass is 35.5. The second-order valence-electron chi connectivity index (χ2n) is 3.90. The summed E-state index contributed by atoms with van der Waals surface area (Å²) in [5, 5.41) is 0. The maximum atomic E-state index is 12.8. The number of benzene rings is 1. The SMILES string of the molecule is COc1cc(C(F)(F)F)cc(C(F)(F)F)c1[C@H](N)CF.Cl. The molecule has 0 bridgehead atoms. The third-order valence-corrected chi connectivity index (χ3v) is 2.53. The maximum Gasteiger partial charge on any atom is 0.416 e. The van der Waals surface area contributed by atoms with Crippen LogP contribution < -0.4 is 10.5 Å². The molecule has 10 heteroatoms. The summed E-state index contributed by atoms with van der Waals surface area (Å²) in [6.07, 6.45) is -10.1. The quantitative estimate of drug-likeness (QED) is 0.839. The highest BCUT2D eigenvalue weighted by Gasteiger charge is 2.41. The van der Waals surface area contributed by atoms with Gasteiger partial charge in [-0.1, -0.05) is 0 Å². The van der Waals surface area contributed by atoms with Crippen molar-refractivity contribution in [1.29, 1.82) is 0 Å². The summed E-state index contributed by atoms with van der Waals surface area (Å²) in [5.41, 5.74) is 1.15. The van der Waals surface area contributed by atoms with Gasteiger partial charge in [0.15, 0.2) is 0 Å². The molecule has 0 heterocycles. The molecule has 122 valence electrons. The Morgan fingerprint density at radius 2 is 1.62 bits per heavy atom. The van der Waals surface area contributed by atoms with Crippen molar-refractivity contribution in [2.45, 2.75) is 18.4 Å². The van der Waals surface area contributed by atoms with E-state index in [1.807, 2.05) is 0 Å². The van der Waals surface area contributed by atoms with Gasteiger partial charge in [-0.2, -0.15) is 26.3 Å². The third-order valence-electron chi connectivity index (χ3n) is 2.53. The molecule has 0 saturated heterocycles. The molecule has 2 N–H and O–H groups in total. The zero-order valence-electron chi connectivity index (χ0n) is 10.5. The Bertz CT molecular complexity index is 487. The van der Waals surface area contributed by atoms with E-state index in [1.165, 1.54) is 0 Å². The summed E-state index contributed by atoms with van der Waals surface area (Å²) in [4.78, 5) is 0. The van der Waals surface area contributed by atoms with Crippen LogP contribution in [0.25, 0.3) is 0 Å². The van der Waals surface area contributed by atoms with E-state index in [4.69, 9.17) is 5.73 Å². The van der Waals surface area contributed by atoms with Gasteiger partial charge >= 0.3 is 12.4 Å². The van der Waals surface area contributed by atoms with Gasteiger partial charge in [0.05, 0.1) is 24.3 Å². The van der Waals surface area contributed by atoms with Crippen LogP contribution in [0.1, 0.15) is 22.7 Å². The van der Waals surface area contributed by atoms with E-state index in [0.29, 0.717) is 6.07 Å². The number of ether oxygens (including phenoxy) is 1. The Morgan fingerprint density at radius 3 is 1.95 bits per heavy atom. The molecular weight excluding hydrogens is 331 g/mol. The molecule has 0 unspecified atom stereocenters. The molecule has 0 spiro atoms. The number of methoxy groups -OCH3 is 1. The fourth-order valence-corrected chi connectivity index (χ4v) is 1.65. The van der Waals surface area contributed by atoms with E-state index >= 15 is 0 Å². The third kappa shape index (κ3) is 4.37.